The van der Waals surface area contributed by atoms with E-state index in [2.05, 4.69) is 5.32 Å². The topological polar surface area (TPSA) is 75.4 Å². The number of carbonyl (C=O) groups excluding carboxylic acids is 2. The average Bonchev–Trinajstić information content (AvgIpc) is 2.92. The van der Waals surface area contributed by atoms with E-state index in [1.165, 1.54) is 17.0 Å². The molecule has 8 heteroatoms. The molecule has 120 valence electrons. The number of hydrogen-bond acceptors (Lipinski definition) is 2. The summed E-state index contributed by atoms with van der Waals surface area (Å²) in [5, 5.41) is 2.91. The van der Waals surface area contributed by atoms with Crippen molar-refractivity contribution in [3.05, 3.63) is 33.6 Å². The Bertz CT molecular complexity index is 612. The number of carbonyl (C=O) groups is 2. The number of urea groups is 1. The van der Waals surface area contributed by atoms with E-state index in [0.717, 1.165) is 0 Å². The summed E-state index contributed by atoms with van der Waals surface area (Å²) in [6.07, 6.45) is 1.26. The number of likely N-dealkylation sites (tertiary alicyclic amines) is 1. The Morgan fingerprint density at radius 1 is 1.41 bits per heavy atom. The maximum absolute atomic E-state index is 13.6. The van der Waals surface area contributed by atoms with Crippen molar-refractivity contribution < 1.29 is 14.0 Å². The van der Waals surface area contributed by atoms with Crippen molar-refractivity contribution in [1.82, 2.24) is 10.2 Å². The lowest BCUT2D eigenvalue weighted by Crippen LogP contribution is -2.48. The fourth-order valence-corrected chi connectivity index (χ4v) is 3.11. The number of nitrogens with one attached hydrogen (secondary N) is 1. The van der Waals surface area contributed by atoms with Crippen LogP contribution in [-0.2, 0) is 4.79 Å². The molecule has 0 bridgehead atoms. The number of benzene rings is 1. The average molecular weight is 348 g/mol. The molecule has 2 atom stereocenters. The maximum Gasteiger partial charge on any atom is 0.315 e. The number of primary amides is 1. The van der Waals surface area contributed by atoms with Gasteiger partial charge in [-0.15, -0.1) is 0 Å². The minimum absolute atomic E-state index is 0.0806. The van der Waals surface area contributed by atoms with E-state index < -0.39 is 23.9 Å². The van der Waals surface area contributed by atoms with Crippen LogP contribution in [0.1, 0.15) is 31.4 Å². The third kappa shape index (κ3) is 3.44. The van der Waals surface area contributed by atoms with Crippen molar-refractivity contribution in [2.45, 2.75) is 31.8 Å². The van der Waals surface area contributed by atoms with E-state index in [-0.39, 0.29) is 16.0 Å². The first-order valence-corrected chi connectivity index (χ1v) is 7.57. The van der Waals surface area contributed by atoms with Gasteiger partial charge in [-0.05, 0) is 37.5 Å². The Balaban J connectivity index is 2.12. The van der Waals surface area contributed by atoms with Crippen molar-refractivity contribution in [1.29, 1.82) is 0 Å². The summed E-state index contributed by atoms with van der Waals surface area (Å²) in [5.74, 6) is -0.947. The summed E-state index contributed by atoms with van der Waals surface area (Å²) >= 11 is 11.7. The Labute approximate surface area is 137 Å². The second-order valence-electron chi connectivity index (χ2n) is 5.21. The van der Waals surface area contributed by atoms with Crippen LogP contribution in [0.3, 0.4) is 0 Å². The second-order valence-corrected chi connectivity index (χ2v) is 6.02. The van der Waals surface area contributed by atoms with E-state index in [1.54, 1.807) is 6.92 Å². The van der Waals surface area contributed by atoms with Crippen LogP contribution < -0.4 is 11.1 Å². The molecular weight excluding hydrogens is 332 g/mol. The molecule has 0 spiro atoms. The van der Waals surface area contributed by atoms with Gasteiger partial charge in [-0.1, -0.05) is 23.2 Å². The van der Waals surface area contributed by atoms with Crippen LogP contribution in [-0.4, -0.2) is 29.4 Å². The van der Waals surface area contributed by atoms with Gasteiger partial charge in [-0.3, -0.25) is 4.79 Å². The normalized spacial score (nSPS) is 19.1. The molecule has 1 fully saturated rings. The molecule has 0 unspecified atom stereocenters. The number of amides is 3. The summed E-state index contributed by atoms with van der Waals surface area (Å²) in [6, 6.07) is 0.733. The first-order chi connectivity index (χ1) is 10.3. The molecule has 2 rings (SSSR count). The van der Waals surface area contributed by atoms with Gasteiger partial charge in [0.2, 0.25) is 5.91 Å². The van der Waals surface area contributed by atoms with Crippen LogP contribution in [0.2, 0.25) is 10.0 Å². The molecule has 1 saturated heterocycles. The van der Waals surface area contributed by atoms with Gasteiger partial charge in [0, 0.05) is 11.6 Å². The van der Waals surface area contributed by atoms with Gasteiger partial charge < -0.3 is 16.0 Å². The molecule has 1 aliphatic rings. The molecule has 5 nitrogen and oxygen atoms in total. The van der Waals surface area contributed by atoms with E-state index in [9.17, 15) is 14.0 Å². The van der Waals surface area contributed by atoms with Crippen molar-refractivity contribution in [2.24, 2.45) is 5.73 Å². The third-order valence-corrected chi connectivity index (χ3v) is 4.32. The predicted molar refractivity (Wildman–Crippen MR) is 82.3 cm³/mol. The largest absolute Gasteiger partial charge is 0.351 e. The first kappa shape index (κ1) is 16.8. The quantitative estimate of drug-likeness (QED) is 0.825. The van der Waals surface area contributed by atoms with Gasteiger partial charge in [-0.2, -0.15) is 0 Å². The van der Waals surface area contributed by atoms with Crippen LogP contribution in [0, 0.1) is 5.82 Å². The van der Waals surface area contributed by atoms with Gasteiger partial charge in [-0.25, -0.2) is 9.18 Å². The fourth-order valence-electron chi connectivity index (χ4n) is 2.56. The fraction of sp³-hybridized carbons (Fsp3) is 0.429. The van der Waals surface area contributed by atoms with Gasteiger partial charge in [0.15, 0.2) is 0 Å². The standard InChI is InChI=1S/C14H16Cl2FN3O2/c1-7(8-5-11(17)10(16)6-9(8)15)19-13(21)12-3-2-4-20(12)14(18)22/h5-7,12H,2-4H2,1H3,(H2,18,22)(H,19,21)/t7-,12-/m0/s1. The summed E-state index contributed by atoms with van der Waals surface area (Å²) < 4.78 is 13.6. The molecule has 1 heterocycles. The van der Waals surface area contributed by atoms with Crippen molar-refractivity contribution in [3.8, 4) is 0 Å². The number of rotatable bonds is 3. The van der Waals surface area contributed by atoms with E-state index in [0.29, 0.717) is 24.9 Å². The SMILES string of the molecule is C[C@H](NC(=O)[C@@H]1CCCN1C(N)=O)c1cc(F)c(Cl)cc1Cl. The molecule has 0 saturated carbocycles. The first-order valence-electron chi connectivity index (χ1n) is 6.82. The zero-order valence-electron chi connectivity index (χ0n) is 11.9. The Hall–Kier alpha value is -1.53. The van der Waals surface area contributed by atoms with Crippen LogP contribution >= 0.6 is 23.2 Å². The third-order valence-electron chi connectivity index (χ3n) is 3.70. The van der Waals surface area contributed by atoms with Crippen molar-refractivity contribution in [3.63, 3.8) is 0 Å². The summed E-state index contributed by atoms with van der Waals surface area (Å²) in [5.41, 5.74) is 5.67. The molecule has 1 aliphatic heterocycles. The Morgan fingerprint density at radius 2 is 2.09 bits per heavy atom. The lowest BCUT2D eigenvalue weighted by atomic mass is 10.1. The summed E-state index contributed by atoms with van der Waals surface area (Å²) in [7, 11) is 0. The molecule has 3 N–H and O–H groups in total. The lowest BCUT2D eigenvalue weighted by Gasteiger charge is -2.24. The molecule has 0 aliphatic carbocycles. The smallest absolute Gasteiger partial charge is 0.315 e. The maximum atomic E-state index is 13.6. The van der Waals surface area contributed by atoms with Crippen LogP contribution in [0.15, 0.2) is 12.1 Å². The van der Waals surface area contributed by atoms with Gasteiger partial charge >= 0.3 is 6.03 Å². The monoisotopic (exact) mass is 347 g/mol. The molecule has 0 radical (unpaired) electrons. The molecule has 22 heavy (non-hydrogen) atoms. The molecule has 1 aromatic rings. The number of hydrogen-bond donors (Lipinski definition) is 2. The zero-order valence-corrected chi connectivity index (χ0v) is 13.4. The van der Waals surface area contributed by atoms with Crippen molar-refractivity contribution in [2.75, 3.05) is 6.54 Å². The Kier molecular flexibility index (Phi) is 5.13. The number of halogens is 3. The number of nitrogens with two attached hydrogens (primary N) is 1. The predicted octanol–water partition coefficient (Wildman–Crippen LogP) is 2.85. The van der Waals surface area contributed by atoms with Gasteiger partial charge in [0.05, 0.1) is 11.1 Å². The summed E-state index contributed by atoms with van der Waals surface area (Å²) in [6.45, 7) is 2.13. The molecule has 1 aromatic carbocycles. The van der Waals surface area contributed by atoms with Crippen LogP contribution in [0.4, 0.5) is 9.18 Å². The Morgan fingerprint density at radius 3 is 2.73 bits per heavy atom. The minimum atomic E-state index is -0.624. The molecule has 3 amide bonds. The van der Waals surface area contributed by atoms with E-state index in [1.807, 2.05) is 0 Å². The minimum Gasteiger partial charge on any atom is -0.351 e. The molecular formula is C14H16Cl2FN3O2. The lowest BCUT2D eigenvalue weighted by molar-refractivity contribution is -0.125. The van der Waals surface area contributed by atoms with E-state index in [4.69, 9.17) is 28.9 Å². The number of nitrogens with zero attached hydrogens (tertiary/aromatic N) is 1. The van der Waals surface area contributed by atoms with Crippen LogP contribution in [0.25, 0.3) is 0 Å². The van der Waals surface area contributed by atoms with Gasteiger partial charge in [0.1, 0.15) is 11.9 Å². The highest BCUT2D eigenvalue weighted by atomic mass is 35.5. The van der Waals surface area contributed by atoms with Crippen molar-refractivity contribution >= 4 is 35.1 Å². The van der Waals surface area contributed by atoms with E-state index >= 15 is 0 Å². The van der Waals surface area contributed by atoms with Crippen LogP contribution in [0.5, 0.6) is 0 Å². The summed E-state index contributed by atoms with van der Waals surface area (Å²) in [4.78, 5) is 24.9. The molecule has 0 aromatic heterocycles. The highest BCUT2D eigenvalue weighted by Crippen LogP contribution is 2.29. The highest BCUT2D eigenvalue weighted by Gasteiger charge is 2.33. The van der Waals surface area contributed by atoms with Gasteiger partial charge in [0.25, 0.3) is 0 Å². The highest BCUT2D eigenvalue weighted by molar-refractivity contribution is 6.35. The zero-order chi connectivity index (χ0) is 16.4. The second kappa shape index (κ2) is 6.71.